The summed E-state index contributed by atoms with van der Waals surface area (Å²) in [6.07, 6.45) is 1.86. The summed E-state index contributed by atoms with van der Waals surface area (Å²) in [6.45, 7) is 2.48. The maximum Gasteiger partial charge on any atom is 0.220 e. The van der Waals surface area contributed by atoms with Gasteiger partial charge in [0.15, 0.2) is 0 Å². The van der Waals surface area contributed by atoms with E-state index < -0.39 is 15.3 Å². The van der Waals surface area contributed by atoms with Crippen LogP contribution in [0.2, 0.25) is 0 Å². The number of rotatable bonds is 5. The zero-order valence-electron chi connectivity index (χ0n) is 8.60. The second kappa shape index (κ2) is 5.20. The third-order valence-corrected chi connectivity index (χ3v) is 4.66. The van der Waals surface area contributed by atoms with Gasteiger partial charge < -0.3 is 10.5 Å². The average molecular weight is 252 g/mol. The van der Waals surface area contributed by atoms with E-state index >= 15 is 0 Å². The lowest BCUT2D eigenvalue weighted by Crippen LogP contribution is -2.42. The summed E-state index contributed by atoms with van der Waals surface area (Å²) in [5.41, 5.74) is 5.29. The van der Waals surface area contributed by atoms with Crippen LogP contribution in [0.5, 0.6) is 0 Å². The second-order valence-corrected chi connectivity index (χ2v) is 6.13. The number of hydrogen-bond donors (Lipinski definition) is 2. The van der Waals surface area contributed by atoms with Crippen molar-refractivity contribution in [3.05, 3.63) is 0 Å². The topological polar surface area (TPSA) is 81.4 Å². The van der Waals surface area contributed by atoms with E-state index in [-0.39, 0.29) is 11.1 Å². The van der Waals surface area contributed by atoms with Crippen LogP contribution >= 0.6 is 12.2 Å². The summed E-state index contributed by atoms with van der Waals surface area (Å²) < 4.78 is 30.9. The fourth-order valence-corrected chi connectivity index (χ4v) is 2.65. The molecule has 88 valence electrons. The van der Waals surface area contributed by atoms with Crippen LogP contribution in [0.25, 0.3) is 0 Å². The lowest BCUT2D eigenvalue weighted by Gasteiger charge is -2.15. The van der Waals surface area contributed by atoms with Crippen molar-refractivity contribution in [1.82, 2.24) is 4.72 Å². The Balaban J connectivity index is 2.45. The Morgan fingerprint density at radius 1 is 1.73 bits per heavy atom. The minimum absolute atomic E-state index is 0.0154. The van der Waals surface area contributed by atoms with E-state index in [9.17, 15) is 8.42 Å². The maximum absolute atomic E-state index is 11.6. The molecule has 0 radical (unpaired) electrons. The second-order valence-electron chi connectivity index (χ2n) is 3.57. The summed E-state index contributed by atoms with van der Waals surface area (Å²) in [4.78, 5) is -0.0187. The molecule has 1 heterocycles. The van der Waals surface area contributed by atoms with Crippen molar-refractivity contribution in [2.45, 2.75) is 31.1 Å². The number of nitrogens with one attached hydrogen (secondary N) is 1. The van der Waals surface area contributed by atoms with Crippen molar-refractivity contribution in [1.29, 1.82) is 0 Å². The van der Waals surface area contributed by atoms with Gasteiger partial charge in [0.1, 0.15) is 5.25 Å². The number of nitrogens with two attached hydrogens (primary N) is 1. The zero-order chi connectivity index (χ0) is 11.5. The highest BCUT2D eigenvalue weighted by molar-refractivity contribution is 7.93. The Hall–Kier alpha value is -0.240. The van der Waals surface area contributed by atoms with Crippen LogP contribution in [0.1, 0.15) is 19.8 Å². The summed E-state index contributed by atoms with van der Waals surface area (Å²) >= 11 is 4.64. The van der Waals surface area contributed by atoms with Gasteiger partial charge in [-0.05, 0) is 19.8 Å². The third kappa shape index (κ3) is 3.67. The molecule has 1 saturated heterocycles. The molecule has 0 aromatic carbocycles. The number of hydrogen-bond acceptors (Lipinski definition) is 4. The molecule has 2 unspecified atom stereocenters. The molecule has 0 aliphatic carbocycles. The fraction of sp³-hybridized carbons (Fsp3) is 0.875. The molecule has 1 rings (SSSR count). The van der Waals surface area contributed by atoms with E-state index in [0.29, 0.717) is 13.2 Å². The fourth-order valence-electron chi connectivity index (χ4n) is 1.29. The van der Waals surface area contributed by atoms with E-state index in [1.54, 1.807) is 0 Å². The molecule has 0 spiro atoms. The van der Waals surface area contributed by atoms with Gasteiger partial charge in [-0.3, -0.25) is 0 Å². The molecule has 1 aliphatic rings. The Morgan fingerprint density at radius 2 is 2.40 bits per heavy atom. The van der Waals surface area contributed by atoms with E-state index in [4.69, 9.17) is 10.5 Å². The molecule has 2 atom stereocenters. The van der Waals surface area contributed by atoms with Crippen molar-refractivity contribution >= 4 is 27.2 Å². The molecule has 5 nitrogen and oxygen atoms in total. The van der Waals surface area contributed by atoms with Crippen LogP contribution < -0.4 is 10.5 Å². The standard InChI is InChI=1S/C8H16N2O3S2/c1-6(8(9)14)15(11,12)10-5-7-3-2-4-13-7/h6-7,10H,2-5H2,1H3,(H2,9,14). The Labute approximate surface area is 95.4 Å². The van der Waals surface area contributed by atoms with Crippen molar-refractivity contribution in [2.75, 3.05) is 13.2 Å². The van der Waals surface area contributed by atoms with Gasteiger partial charge in [0.2, 0.25) is 10.0 Å². The van der Waals surface area contributed by atoms with Gasteiger partial charge in [-0.15, -0.1) is 0 Å². The van der Waals surface area contributed by atoms with Crippen molar-refractivity contribution in [3.8, 4) is 0 Å². The van der Waals surface area contributed by atoms with E-state index in [1.165, 1.54) is 6.92 Å². The number of sulfonamides is 1. The van der Waals surface area contributed by atoms with Crippen LogP contribution in [0.15, 0.2) is 0 Å². The average Bonchev–Trinajstić information content (AvgIpc) is 2.66. The molecule has 0 bridgehead atoms. The molecule has 0 aromatic rings. The van der Waals surface area contributed by atoms with Gasteiger partial charge >= 0.3 is 0 Å². The maximum atomic E-state index is 11.6. The van der Waals surface area contributed by atoms with E-state index in [1.807, 2.05) is 0 Å². The van der Waals surface area contributed by atoms with Gasteiger partial charge in [0.25, 0.3) is 0 Å². The minimum atomic E-state index is -3.44. The van der Waals surface area contributed by atoms with Crippen LogP contribution in [0.4, 0.5) is 0 Å². The Bertz CT molecular complexity index is 323. The van der Waals surface area contributed by atoms with Crippen LogP contribution in [-0.2, 0) is 14.8 Å². The van der Waals surface area contributed by atoms with Gasteiger partial charge in [0.05, 0.1) is 11.1 Å². The highest BCUT2D eigenvalue weighted by Crippen LogP contribution is 2.11. The molecule has 0 amide bonds. The monoisotopic (exact) mass is 252 g/mol. The molecular formula is C8H16N2O3S2. The number of ether oxygens (including phenoxy) is 1. The quantitative estimate of drug-likeness (QED) is 0.660. The first kappa shape index (κ1) is 12.8. The zero-order valence-corrected chi connectivity index (χ0v) is 10.2. The van der Waals surface area contributed by atoms with Gasteiger partial charge in [0, 0.05) is 13.2 Å². The molecule has 1 fully saturated rings. The molecule has 7 heteroatoms. The molecule has 15 heavy (non-hydrogen) atoms. The summed E-state index contributed by atoms with van der Waals surface area (Å²) in [5, 5.41) is -0.839. The van der Waals surface area contributed by atoms with Gasteiger partial charge in [-0.25, -0.2) is 13.1 Å². The summed E-state index contributed by atoms with van der Waals surface area (Å²) in [7, 11) is -3.44. The van der Waals surface area contributed by atoms with Crippen molar-refractivity contribution < 1.29 is 13.2 Å². The van der Waals surface area contributed by atoms with Crippen LogP contribution in [0.3, 0.4) is 0 Å². The third-order valence-electron chi connectivity index (χ3n) is 2.40. The Kier molecular flexibility index (Phi) is 4.45. The lowest BCUT2D eigenvalue weighted by molar-refractivity contribution is 0.114. The molecule has 3 N–H and O–H groups in total. The molecular weight excluding hydrogens is 236 g/mol. The van der Waals surface area contributed by atoms with E-state index in [0.717, 1.165) is 12.8 Å². The van der Waals surface area contributed by atoms with Gasteiger partial charge in [-0.1, -0.05) is 12.2 Å². The summed E-state index contributed by atoms with van der Waals surface area (Å²) in [6, 6.07) is 0. The predicted octanol–water partition coefficient (Wildman–Crippen LogP) is -0.241. The highest BCUT2D eigenvalue weighted by Gasteiger charge is 2.25. The van der Waals surface area contributed by atoms with Crippen LogP contribution in [0, 0.1) is 0 Å². The first-order chi connectivity index (χ1) is 6.93. The lowest BCUT2D eigenvalue weighted by atomic mass is 10.2. The molecule has 1 aliphatic heterocycles. The highest BCUT2D eigenvalue weighted by atomic mass is 32.2. The molecule has 0 saturated carbocycles. The van der Waals surface area contributed by atoms with Crippen LogP contribution in [-0.4, -0.2) is 37.9 Å². The largest absolute Gasteiger partial charge is 0.392 e. The SMILES string of the molecule is CC(C(N)=S)S(=O)(=O)NCC1CCCO1. The Morgan fingerprint density at radius 3 is 2.87 bits per heavy atom. The smallest absolute Gasteiger partial charge is 0.220 e. The van der Waals surface area contributed by atoms with Crippen molar-refractivity contribution in [3.63, 3.8) is 0 Å². The molecule has 0 aromatic heterocycles. The first-order valence-corrected chi connectivity index (χ1v) is 6.78. The van der Waals surface area contributed by atoms with Crippen molar-refractivity contribution in [2.24, 2.45) is 5.73 Å². The first-order valence-electron chi connectivity index (χ1n) is 4.83. The predicted molar refractivity (Wildman–Crippen MR) is 62.1 cm³/mol. The van der Waals surface area contributed by atoms with Gasteiger partial charge in [-0.2, -0.15) is 0 Å². The minimum Gasteiger partial charge on any atom is -0.392 e. The summed E-state index contributed by atoms with van der Waals surface area (Å²) in [5.74, 6) is 0. The number of thiocarbonyl (C=S) groups is 1. The normalized spacial score (nSPS) is 23.9. The van der Waals surface area contributed by atoms with E-state index in [2.05, 4.69) is 16.9 Å².